The molecule has 0 spiro atoms. The van der Waals surface area contributed by atoms with Crippen LogP contribution in [0.25, 0.3) is 10.8 Å². The van der Waals surface area contributed by atoms with Gasteiger partial charge in [-0.1, -0.05) is 54.6 Å². The molecule has 150 valence electrons. The van der Waals surface area contributed by atoms with Crippen molar-refractivity contribution in [2.45, 2.75) is 12.3 Å². The van der Waals surface area contributed by atoms with E-state index >= 15 is 0 Å². The second-order valence-electron chi connectivity index (χ2n) is 7.34. The van der Waals surface area contributed by atoms with Gasteiger partial charge in [0.2, 0.25) is 0 Å². The molecule has 1 heterocycles. The molecule has 4 nitrogen and oxygen atoms in total. The van der Waals surface area contributed by atoms with E-state index in [1.165, 1.54) is 10.8 Å². The molecule has 0 saturated carbocycles. The van der Waals surface area contributed by atoms with E-state index in [2.05, 4.69) is 53.8 Å². The zero-order chi connectivity index (χ0) is 20.5. The first-order chi connectivity index (χ1) is 14.8. The molecule has 0 fully saturated rings. The third-order valence-electron chi connectivity index (χ3n) is 5.65. The largest absolute Gasteiger partial charge is 0.497 e. The Bertz CT molecular complexity index is 1170. The second-order valence-corrected chi connectivity index (χ2v) is 7.34. The number of rotatable bonds is 4. The van der Waals surface area contributed by atoms with E-state index in [9.17, 15) is 0 Å². The van der Waals surface area contributed by atoms with Gasteiger partial charge in [0.25, 0.3) is 0 Å². The molecule has 0 radical (unpaired) electrons. The minimum Gasteiger partial charge on any atom is -0.497 e. The molecular formula is C26H23NO3. The number of hydrogen-bond acceptors (Lipinski definition) is 4. The molecule has 0 saturated heterocycles. The summed E-state index contributed by atoms with van der Waals surface area (Å²) in [6.07, 6.45) is -0.267. The van der Waals surface area contributed by atoms with E-state index in [1.54, 1.807) is 14.2 Å². The van der Waals surface area contributed by atoms with Crippen LogP contribution in [-0.4, -0.2) is 14.2 Å². The summed E-state index contributed by atoms with van der Waals surface area (Å²) < 4.78 is 17.1. The highest BCUT2D eigenvalue weighted by Gasteiger charge is 2.31. The normalized spacial score (nSPS) is 17.8. The molecule has 1 aliphatic rings. The molecule has 30 heavy (non-hydrogen) atoms. The van der Waals surface area contributed by atoms with Crippen LogP contribution < -0.4 is 19.5 Å². The fourth-order valence-electron chi connectivity index (χ4n) is 4.07. The highest BCUT2D eigenvalue weighted by molar-refractivity contribution is 5.89. The lowest BCUT2D eigenvalue weighted by Crippen LogP contribution is -2.35. The summed E-state index contributed by atoms with van der Waals surface area (Å²) in [5.41, 5.74) is 3.37. The smallest absolute Gasteiger partial charge is 0.177 e. The molecule has 0 aliphatic carbocycles. The quantitative estimate of drug-likeness (QED) is 0.485. The molecule has 4 aromatic carbocycles. The second kappa shape index (κ2) is 7.73. The van der Waals surface area contributed by atoms with E-state index in [0.29, 0.717) is 0 Å². The van der Waals surface area contributed by atoms with Gasteiger partial charge in [-0.3, -0.25) is 5.32 Å². The Morgan fingerprint density at radius 2 is 1.33 bits per heavy atom. The topological polar surface area (TPSA) is 39.7 Å². The van der Waals surface area contributed by atoms with Crippen LogP contribution >= 0.6 is 0 Å². The first-order valence-electron chi connectivity index (χ1n) is 9.99. The number of methoxy groups -OCH3 is 2. The first-order valence-corrected chi connectivity index (χ1v) is 9.99. The molecule has 0 aromatic heterocycles. The fourth-order valence-corrected chi connectivity index (χ4v) is 4.07. The number of benzene rings is 4. The summed E-state index contributed by atoms with van der Waals surface area (Å²) in [7, 11) is 3.36. The van der Waals surface area contributed by atoms with E-state index in [1.807, 2.05) is 36.4 Å². The summed E-state index contributed by atoms with van der Waals surface area (Å²) in [5.74, 6) is 2.57. The highest BCUT2D eigenvalue weighted by atomic mass is 16.5. The summed E-state index contributed by atoms with van der Waals surface area (Å²) in [4.78, 5) is 0. The maximum absolute atomic E-state index is 6.42. The Labute approximate surface area is 176 Å². The van der Waals surface area contributed by atoms with Crippen molar-refractivity contribution >= 4 is 10.8 Å². The van der Waals surface area contributed by atoms with Gasteiger partial charge in [0.15, 0.2) is 6.23 Å². The average Bonchev–Trinajstić information content (AvgIpc) is 2.83. The minimum atomic E-state index is -0.267. The Kier molecular flexibility index (Phi) is 4.77. The summed E-state index contributed by atoms with van der Waals surface area (Å²) in [6, 6.07) is 28.8. The van der Waals surface area contributed by atoms with Gasteiger partial charge in [0.1, 0.15) is 17.2 Å². The standard InChI is InChI=1S/C26H23NO3/c1-28-20-12-7-18(8-13-20)25-24-22-6-4-3-5-17(22)11-16-23(24)30-26(27-25)19-9-14-21(29-2)15-10-19/h3-16,25-27H,1-2H3/t25-,26+/m1/s1. The maximum Gasteiger partial charge on any atom is 0.177 e. The predicted octanol–water partition coefficient (Wildman–Crippen LogP) is 5.63. The predicted molar refractivity (Wildman–Crippen MR) is 118 cm³/mol. The van der Waals surface area contributed by atoms with Crippen molar-refractivity contribution in [3.63, 3.8) is 0 Å². The maximum atomic E-state index is 6.42. The lowest BCUT2D eigenvalue weighted by Gasteiger charge is -2.35. The number of fused-ring (bicyclic) bond motifs is 3. The molecule has 0 amide bonds. The number of hydrogen-bond donors (Lipinski definition) is 1. The van der Waals surface area contributed by atoms with Gasteiger partial charge in [-0.25, -0.2) is 0 Å². The van der Waals surface area contributed by atoms with E-state index in [4.69, 9.17) is 14.2 Å². The fraction of sp³-hybridized carbons (Fsp3) is 0.154. The molecule has 1 N–H and O–H groups in total. The van der Waals surface area contributed by atoms with Crippen molar-refractivity contribution in [1.29, 1.82) is 0 Å². The van der Waals surface area contributed by atoms with Crippen molar-refractivity contribution in [1.82, 2.24) is 5.32 Å². The molecule has 4 aromatic rings. The van der Waals surface area contributed by atoms with Gasteiger partial charge in [-0.2, -0.15) is 0 Å². The molecular weight excluding hydrogens is 374 g/mol. The van der Waals surface area contributed by atoms with Crippen LogP contribution in [-0.2, 0) is 0 Å². The number of ether oxygens (including phenoxy) is 3. The van der Waals surface area contributed by atoms with Crippen LogP contribution in [0, 0.1) is 0 Å². The van der Waals surface area contributed by atoms with E-state index < -0.39 is 0 Å². The summed E-state index contributed by atoms with van der Waals surface area (Å²) in [6.45, 7) is 0. The van der Waals surface area contributed by atoms with E-state index in [-0.39, 0.29) is 12.3 Å². The Morgan fingerprint density at radius 3 is 2.00 bits per heavy atom. The van der Waals surface area contributed by atoms with Crippen molar-refractivity contribution in [2.75, 3.05) is 14.2 Å². The summed E-state index contributed by atoms with van der Waals surface area (Å²) >= 11 is 0. The van der Waals surface area contributed by atoms with Crippen LogP contribution in [0.2, 0.25) is 0 Å². The SMILES string of the molecule is COc1ccc([C@H]2N[C@H](c3ccc(OC)cc3)Oc3ccc4ccccc4c32)cc1. The third-order valence-corrected chi connectivity index (χ3v) is 5.65. The van der Waals surface area contributed by atoms with Crippen LogP contribution in [0.5, 0.6) is 17.2 Å². The van der Waals surface area contributed by atoms with Crippen molar-refractivity contribution in [3.05, 3.63) is 102 Å². The van der Waals surface area contributed by atoms with Crippen LogP contribution in [0.1, 0.15) is 29.0 Å². The van der Waals surface area contributed by atoms with Gasteiger partial charge in [0.05, 0.1) is 20.3 Å². The molecule has 4 heteroatoms. The minimum absolute atomic E-state index is 0.0159. The molecule has 1 aliphatic heterocycles. The first kappa shape index (κ1) is 18.5. The van der Waals surface area contributed by atoms with Gasteiger partial charge in [-0.05, 0) is 46.7 Å². The monoisotopic (exact) mass is 397 g/mol. The van der Waals surface area contributed by atoms with Crippen LogP contribution in [0.4, 0.5) is 0 Å². The average molecular weight is 397 g/mol. The highest BCUT2D eigenvalue weighted by Crippen LogP contribution is 2.42. The molecule has 5 rings (SSSR count). The zero-order valence-corrected chi connectivity index (χ0v) is 17.0. The van der Waals surface area contributed by atoms with Gasteiger partial charge >= 0.3 is 0 Å². The Hall–Kier alpha value is -3.50. The van der Waals surface area contributed by atoms with Crippen molar-refractivity contribution in [3.8, 4) is 17.2 Å². The van der Waals surface area contributed by atoms with Gasteiger partial charge < -0.3 is 14.2 Å². The molecule has 2 atom stereocenters. The van der Waals surface area contributed by atoms with Crippen LogP contribution in [0.15, 0.2) is 84.9 Å². The van der Waals surface area contributed by atoms with Crippen molar-refractivity contribution in [2.24, 2.45) is 0 Å². The van der Waals surface area contributed by atoms with E-state index in [0.717, 1.165) is 33.9 Å². The lowest BCUT2D eigenvalue weighted by molar-refractivity contribution is 0.133. The van der Waals surface area contributed by atoms with Crippen LogP contribution in [0.3, 0.4) is 0 Å². The Balaban J connectivity index is 1.63. The third kappa shape index (κ3) is 3.25. The molecule has 0 bridgehead atoms. The van der Waals surface area contributed by atoms with Gasteiger partial charge in [-0.15, -0.1) is 0 Å². The summed E-state index contributed by atoms with van der Waals surface area (Å²) in [5, 5.41) is 6.09. The lowest BCUT2D eigenvalue weighted by atomic mass is 9.91. The molecule has 0 unspecified atom stereocenters. The Morgan fingerprint density at radius 1 is 0.700 bits per heavy atom. The van der Waals surface area contributed by atoms with Gasteiger partial charge in [0, 0.05) is 11.1 Å². The zero-order valence-electron chi connectivity index (χ0n) is 17.0. The number of nitrogens with one attached hydrogen (secondary N) is 1. The van der Waals surface area contributed by atoms with Crippen molar-refractivity contribution < 1.29 is 14.2 Å².